The molecule has 4 heterocycles. The highest BCUT2D eigenvalue weighted by Crippen LogP contribution is 2.34. The molecule has 62 heavy (non-hydrogen) atoms. The molecular formula is C34H60N2O26. The Hall–Kier alpha value is -2.02. The second-order valence-corrected chi connectivity index (χ2v) is 15.2. The number of amides is 2. The van der Waals surface area contributed by atoms with E-state index in [1.54, 1.807) is 0 Å². The molecule has 18 N–H and O–H groups in total. The Kier molecular flexibility index (Phi) is 19.9. The topological polar surface area (TPSA) is 456 Å². The fourth-order valence-corrected chi connectivity index (χ4v) is 7.30. The molecule has 4 aliphatic heterocycles. The van der Waals surface area contributed by atoms with Crippen LogP contribution in [0.3, 0.4) is 0 Å². The number of carbonyl (C=O) groups is 2. The average Bonchev–Trinajstić information content (AvgIpc) is 3.24. The van der Waals surface area contributed by atoms with Crippen LogP contribution in [0.15, 0.2) is 0 Å². The normalized spacial score (nSPS) is 43.6. The second-order valence-electron chi connectivity index (χ2n) is 15.2. The van der Waals surface area contributed by atoms with Crippen molar-refractivity contribution in [1.82, 2.24) is 10.6 Å². The van der Waals surface area contributed by atoms with Gasteiger partial charge in [0.05, 0.1) is 45.7 Å². The Labute approximate surface area is 352 Å². The number of rotatable bonds is 19. The summed E-state index contributed by atoms with van der Waals surface area (Å²) in [4.78, 5) is 23.8. The van der Waals surface area contributed by atoms with E-state index in [4.69, 9.17) is 37.9 Å². The van der Waals surface area contributed by atoms with Crippen LogP contribution in [0.25, 0.3) is 0 Å². The molecule has 0 aliphatic carbocycles. The van der Waals surface area contributed by atoms with E-state index in [0.717, 1.165) is 13.8 Å². The minimum Gasteiger partial charge on any atom is -0.394 e. The molecule has 0 aromatic heterocycles. The van der Waals surface area contributed by atoms with Gasteiger partial charge in [-0.25, -0.2) is 0 Å². The van der Waals surface area contributed by atoms with E-state index in [0.29, 0.717) is 0 Å². The first-order valence-electron chi connectivity index (χ1n) is 19.5. The molecule has 4 rings (SSSR count). The molecule has 0 aromatic rings. The van der Waals surface area contributed by atoms with Gasteiger partial charge < -0.3 is 130 Å². The minimum atomic E-state index is -2.24. The maximum absolute atomic E-state index is 12.0. The highest BCUT2D eigenvalue weighted by Gasteiger charge is 2.55. The van der Waals surface area contributed by atoms with E-state index in [-0.39, 0.29) is 0 Å². The van der Waals surface area contributed by atoms with Gasteiger partial charge in [-0.05, 0) is 0 Å². The summed E-state index contributed by atoms with van der Waals surface area (Å²) in [6.45, 7) is -3.64. The van der Waals surface area contributed by atoms with Crippen molar-refractivity contribution in [2.75, 3.05) is 39.6 Å². The lowest BCUT2D eigenvalue weighted by Gasteiger charge is -2.48. The lowest BCUT2D eigenvalue weighted by molar-refractivity contribution is -0.379. The van der Waals surface area contributed by atoms with Crippen molar-refractivity contribution in [3.63, 3.8) is 0 Å². The van der Waals surface area contributed by atoms with Crippen LogP contribution in [-0.2, 0) is 47.5 Å². The molecule has 24 atom stereocenters. The monoisotopic (exact) mass is 912 g/mol. The van der Waals surface area contributed by atoms with Crippen LogP contribution in [0, 0.1) is 0 Å². The fourth-order valence-electron chi connectivity index (χ4n) is 7.30. The minimum absolute atomic E-state index is 0.749. The number of ether oxygens (including phenoxy) is 8. The summed E-state index contributed by atoms with van der Waals surface area (Å²) in [5.74, 6) is -1.50. The summed E-state index contributed by atoms with van der Waals surface area (Å²) < 4.78 is 45.4. The molecule has 0 unspecified atom stereocenters. The van der Waals surface area contributed by atoms with Crippen LogP contribution in [0.5, 0.6) is 0 Å². The van der Waals surface area contributed by atoms with Gasteiger partial charge in [-0.1, -0.05) is 0 Å². The SMILES string of the molecule is CC(=O)N[C@H]1[C@H](O[C@@H]2[C@@H](OC[C@H]3O[C@@H](O[C@@H]([C@H](O)[C@H](CO)NC(C)=O)[C@H](O)CO)[C@@H](O)[C@@H](O[C@H]4O[C@H](CO)[C@@H](O)[C@H](O)[C@@H]4O)[C@@H]3O)O[C@H](CO)[C@@H](O)[C@@H]2O)O[C@H](CO)[C@@H](O)[C@@H]1O. The van der Waals surface area contributed by atoms with Gasteiger partial charge in [0.25, 0.3) is 0 Å². The van der Waals surface area contributed by atoms with E-state index in [1.807, 2.05) is 0 Å². The molecule has 362 valence electrons. The lowest BCUT2D eigenvalue weighted by Crippen LogP contribution is -2.68. The number of carbonyl (C=O) groups excluding carboxylic acids is 2. The largest absolute Gasteiger partial charge is 0.394 e. The van der Waals surface area contributed by atoms with E-state index in [2.05, 4.69) is 10.6 Å². The maximum Gasteiger partial charge on any atom is 0.217 e. The lowest BCUT2D eigenvalue weighted by atomic mass is 9.95. The van der Waals surface area contributed by atoms with Gasteiger partial charge in [-0.2, -0.15) is 0 Å². The van der Waals surface area contributed by atoms with Crippen LogP contribution < -0.4 is 10.6 Å². The van der Waals surface area contributed by atoms with Crippen molar-refractivity contribution in [2.45, 2.75) is 161 Å². The Morgan fingerprint density at radius 3 is 1.60 bits per heavy atom. The molecule has 28 nitrogen and oxygen atoms in total. The highest BCUT2D eigenvalue weighted by molar-refractivity contribution is 5.73. The molecule has 28 heteroatoms. The quantitative estimate of drug-likeness (QED) is 0.0572. The third-order valence-electron chi connectivity index (χ3n) is 10.8. The molecule has 0 saturated carbocycles. The number of hydrogen-bond acceptors (Lipinski definition) is 26. The van der Waals surface area contributed by atoms with E-state index >= 15 is 0 Å². The van der Waals surface area contributed by atoms with E-state index < -0.39 is 199 Å². The van der Waals surface area contributed by atoms with Crippen molar-refractivity contribution in [3.05, 3.63) is 0 Å². The molecule has 0 aromatic carbocycles. The van der Waals surface area contributed by atoms with Gasteiger partial charge >= 0.3 is 0 Å². The molecule has 0 radical (unpaired) electrons. The van der Waals surface area contributed by atoms with Gasteiger partial charge in [0.15, 0.2) is 25.2 Å². The Morgan fingerprint density at radius 1 is 0.548 bits per heavy atom. The van der Waals surface area contributed by atoms with Gasteiger partial charge in [0.1, 0.15) is 116 Å². The van der Waals surface area contributed by atoms with Gasteiger partial charge in [0.2, 0.25) is 11.8 Å². The molecule has 4 fully saturated rings. The molecule has 4 saturated heterocycles. The van der Waals surface area contributed by atoms with Crippen molar-refractivity contribution in [1.29, 1.82) is 0 Å². The summed E-state index contributed by atoms with van der Waals surface area (Å²) in [5, 5.41) is 173. The third kappa shape index (κ3) is 12.1. The van der Waals surface area contributed by atoms with Crippen LogP contribution in [0.4, 0.5) is 0 Å². The first kappa shape index (κ1) is 52.6. The van der Waals surface area contributed by atoms with E-state index in [1.165, 1.54) is 0 Å². The average molecular weight is 913 g/mol. The highest BCUT2D eigenvalue weighted by atomic mass is 16.8. The van der Waals surface area contributed by atoms with Gasteiger partial charge in [-0.15, -0.1) is 0 Å². The first-order chi connectivity index (χ1) is 29.2. The van der Waals surface area contributed by atoms with E-state index in [9.17, 15) is 91.3 Å². The van der Waals surface area contributed by atoms with Crippen molar-refractivity contribution in [2.24, 2.45) is 0 Å². The summed E-state index contributed by atoms with van der Waals surface area (Å²) in [6, 6.07) is -3.13. The zero-order chi connectivity index (χ0) is 46.3. The molecule has 4 aliphatic rings. The summed E-state index contributed by atoms with van der Waals surface area (Å²) in [5.41, 5.74) is 0. The predicted octanol–water partition coefficient (Wildman–Crippen LogP) is -12.0. The molecule has 2 amide bonds. The zero-order valence-electron chi connectivity index (χ0n) is 33.3. The van der Waals surface area contributed by atoms with Gasteiger partial charge in [0, 0.05) is 13.8 Å². The summed E-state index contributed by atoms with van der Waals surface area (Å²) in [7, 11) is 0. The molecule has 0 spiro atoms. The van der Waals surface area contributed by atoms with Crippen LogP contribution >= 0.6 is 0 Å². The first-order valence-corrected chi connectivity index (χ1v) is 19.5. The Bertz CT molecular complexity index is 1390. The number of hydrogen-bond donors (Lipinski definition) is 18. The fraction of sp³-hybridized carbons (Fsp3) is 0.941. The Balaban J connectivity index is 1.68. The predicted molar refractivity (Wildman–Crippen MR) is 192 cm³/mol. The summed E-state index contributed by atoms with van der Waals surface area (Å²) >= 11 is 0. The number of aliphatic hydroxyl groups excluding tert-OH is 16. The third-order valence-corrected chi connectivity index (χ3v) is 10.8. The number of nitrogens with one attached hydrogen (secondary N) is 2. The smallest absolute Gasteiger partial charge is 0.217 e. The van der Waals surface area contributed by atoms with Gasteiger partial charge in [-0.3, -0.25) is 9.59 Å². The van der Waals surface area contributed by atoms with Crippen molar-refractivity contribution >= 4 is 11.8 Å². The second kappa shape index (κ2) is 23.4. The van der Waals surface area contributed by atoms with Crippen LogP contribution in [-0.4, -0.2) is 280 Å². The molecule has 0 bridgehead atoms. The summed E-state index contributed by atoms with van der Waals surface area (Å²) in [6.07, 6.45) is -42.4. The van der Waals surface area contributed by atoms with Crippen molar-refractivity contribution < 1.29 is 129 Å². The van der Waals surface area contributed by atoms with Crippen LogP contribution in [0.2, 0.25) is 0 Å². The standard InChI is InChI=1S/C34H60N2O26/c1-9(42)35-11(3-37)18(45)28(12(44)4-38)60-33-27(54)29(61-32-26(53)24(51)20(47)14(6-40)57-32)22(49)16(59-33)8-55-34-30(25(52)21(48)15(7-41)58-34)62-31-17(36-10(2)43)23(50)19(46)13(5-39)56-31/h11-34,37-41,44-54H,3-8H2,1-2H3,(H,35,42)(H,36,43)/t11-,12+,13+,14+,15+,16+,17+,18+,19+,20+,21+,22+,23+,24-,25-,26-,27-,28+,29-,30-,31-,32+,33-,34-/m0/s1. The number of aliphatic hydroxyl groups is 16. The Morgan fingerprint density at radius 2 is 1.06 bits per heavy atom. The zero-order valence-corrected chi connectivity index (χ0v) is 33.3. The molecular weight excluding hydrogens is 852 g/mol. The van der Waals surface area contributed by atoms with Crippen LogP contribution in [0.1, 0.15) is 13.8 Å². The maximum atomic E-state index is 12.0. The van der Waals surface area contributed by atoms with Crippen molar-refractivity contribution in [3.8, 4) is 0 Å².